The van der Waals surface area contributed by atoms with Gasteiger partial charge in [-0.3, -0.25) is 9.30 Å². The fourth-order valence-corrected chi connectivity index (χ4v) is 4.11. The van der Waals surface area contributed by atoms with Crippen LogP contribution in [0.25, 0.3) is 16.8 Å². The second-order valence-corrected chi connectivity index (χ2v) is 8.30. The number of hydrogen-bond donors (Lipinski definition) is 1. The number of anilines is 1. The summed E-state index contributed by atoms with van der Waals surface area (Å²) in [7, 11) is 0. The number of halogens is 5. The fraction of sp³-hybridized carbons (Fsp3) is 0.455. The molecule has 6 nitrogen and oxygen atoms in total. The van der Waals surface area contributed by atoms with Gasteiger partial charge in [0.1, 0.15) is 11.4 Å². The highest BCUT2D eigenvalue weighted by Crippen LogP contribution is 2.38. The Morgan fingerprint density at radius 1 is 1.15 bits per heavy atom. The SMILES string of the molecule is CC(C)N1CCC[C@@H](Nc2nnc(-c3ccc(C(F)(F)F)cc3OC(F)F)c3cccn23)C1. The first-order chi connectivity index (χ1) is 15.6. The Bertz CT molecular complexity index is 1110. The molecule has 0 unspecified atom stereocenters. The molecule has 1 fully saturated rings. The van der Waals surface area contributed by atoms with Gasteiger partial charge in [0.25, 0.3) is 0 Å². The van der Waals surface area contributed by atoms with Crippen molar-refractivity contribution in [1.29, 1.82) is 0 Å². The lowest BCUT2D eigenvalue weighted by molar-refractivity contribution is -0.138. The first kappa shape index (κ1) is 23.2. The maximum Gasteiger partial charge on any atom is 0.416 e. The van der Waals surface area contributed by atoms with Gasteiger partial charge >= 0.3 is 12.8 Å². The molecule has 0 saturated carbocycles. The Balaban J connectivity index is 1.70. The van der Waals surface area contributed by atoms with Gasteiger partial charge in [-0.15, -0.1) is 10.2 Å². The van der Waals surface area contributed by atoms with Gasteiger partial charge in [-0.1, -0.05) is 0 Å². The maximum absolute atomic E-state index is 13.1. The Hall–Kier alpha value is -2.95. The van der Waals surface area contributed by atoms with Crippen molar-refractivity contribution >= 4 is 11.5 Å². The van der Waals surface area contributed by atoms with E-state index in [0.717, 1.165) is 38.1 Å². The largest absolute Gasteiger partial charge is 0.434 e. The molecular formula is C22H24F5N5O. The van der Waals surface area contributed by atoms with E-state index < -0.39 is 24.1 Å². The molecule has 33 heavy (non-hydrogen) atoms. The average Bonchev–Trinajstić information content (AvgIpc) is 3.24. The van der Waals surface area contributed by atoms with Gasteiger partial charge in [0.15, 0.2) is 0 Å². The summed E-state index contributed by atoms with van der Waals surface area (Å²) in [6, 6.07) is 6.43. The predicted molar refractivity (Wildman–Crippen MR) is 113 cm³/mol. The molecule has 11 heteroatoms. The van der Waals surface area contributed by atoms with E-state index in [-0.39, 0.29) is 17.3 Å². The summed E-state index contributed by atoms with van der Waals surface area (Å²) in [5.74, 6) is -0.143. The van der Waals surface area contributed by atoms with Crippen LogP contribution in [-0.4, -0.2) is 51.3 Å². The summed E-state index contributed by atoms with van der Waals surface area (Å²) >= 11 is 0. The number of likely N-dealkylation sites (tertiary alicyclic amines) is 1. The van der Waals surface area contributed by atoms with Gasteiger partial charge in [0.05, 0.1) is 11.1 Å². The van der Waals surface area contributed by atoms with Crippen molar-refractivity contribution in [3.8, 4) is 17.0 Å². The normalized spacial score (nSPS) is 17.8. The summed E-state index contributed by atoms with van der Waals surface area (Å²) in [6.45, 7) is 2.86. The molecule has 0 bridgehead atoms. The lowest BCUT2D eigenvalue weighted by Crippen LogP contribution is -2.45. The number of nitrogens with one attached hydrogen (secondary N) is 1. The Labute approximate surface area is 187 Å². The smallest absolute Gasteiger partial charge is 0.416 e. The van der Waals surface area contributed by atoms with E-state index in [2.05, 4.69) is 39.0 Å². The quantitative estimate of drug-likeness (QED) is 0.497. The average molecular weight is 469 g/mol. The maximum atomic E-state index is 13.1. The Morgan fingerprint density at radius 2 is 1.94 bits per heavy atom. The van der Waals surface area contributed by atoms with Crippen LogP contribution in [0.2, 0.25) is 0 Å². The Kier molecular flexibility index (Phi) is 6.42. The highest BCUT2D eigenvalue weighted by molar-refractivity contribution is 5.81. The molecule has 4 rings (SSSR count). The van der Waals surface area contributed by atoms with Crippen molar-refractivity contribution in [2.75, 3.05) is 18.4 Å². The van der Waals surface area contributed by atoms with Gasteiger partial charge in [-0.2, -0.15) is 22.0 Å². The number of benzene rings is 1. The van der Waals surface area contributed by atoms with Crippen LogP contribution < -0.4 is 10.1 Å². The van der Waals surface area contributed by atoms with Crippen LogP contribution >= 0.6 is 0 Å². The third-order valence-electron chi connectivity index (χ3n) is 5.76. The van der Waals surface area contributed by atoms with Crippen molar-refractivity contribution in [3.05, 3.63) is 42.1 Å². The van der Waals surface area contributed by atoms with E-state index in [1.165, 1.54) is 0 Å². The van der Waals surface area contributed by atoms with E-state index in [0.29, 0.717) is 23.6 Å². The van der Waals surface area contributed by atoms with Crippen LogP contribution in [-0.2, 0) is 6.18 Å². The summed E-state index contributed by atoms with van der Waals surface area (Å²) in [5, 5.41) is 11.8. The summed E-state index contributed by atoms with van der Waals surface area (Å²) in [4.78, 5) is 2.37. The van der Waals surface area contributed by atoms with E-state index in [4.69, 9.17) is 0 Å². The van der Waals surface area contributed by atoms with Crippen molar-refractivity contribution in [2.24, 2.45) is 0 Å². The number of ether oxygens (including phenoxy) is 1. The number of aromatic nitrogens is 3. The molecule has 0 amide bonds. The minimum Gasteiger partial charge on any atom is -0.434 e. The molecule has 1 aliphatic rings. The number of nitrogens with zero attached hydrogens (tertiary/aromatic N) is 4. The van der Waals surface area contributed by atoms with Gasteiger partial charge in [-0.05, 0) is 63.6 Å². The van der Waals surface area contributed by atoms with Gasteiger partial charge in [0.2, 0.25) is 5.95 Å². The first-order valence-electron chi connectivity index (χ1n) is 10.6. The van der Waals surface area contributed by atoms with Gasteiger partial charge in [0, 0.05) is 30.4 Å². The molecule has 0 spiro atoms. The molecule has 1 atom stereocenters. The third kappa shape index (κ3) is 5.02. The van der Waals surface area contributed by atoms with Crippen LogP contribution in [0.15, 0.2) is 36.5 Å². The lowest BCUT2D eigenvalue weighted by atomic mass is 10.0. The van der Waals surface area contributed by atoms with Crippen LogP contribution in [0.1, 0.15) is 32.3 Å². The lowest BCUT2D eigenvalue weighted by Gasteiger charge is -2.35. The van der Waals surface area contributed by atoms with Gasteiger partial charge in [-0.25, -0.2) is 0 Å². The van der Waals surface area contributed by atoms with Crippen LogP contribution in [0.3, 0.4) is 0 Å². The topological polar surface area (TPSA) is 54.7 Å². The number of hydrogen-bond acceptors (Lipinski definition) is 5. The summed E-state index contributed by atoms with van der Waals surface area (Å²) in [6.07, 6.45) is -0.972. The zero-order chi connectivity index (χ0) is 23.8. The molecule has 3 aromatic rings. The van der Waals surface area contributed by atoms with Crippen molar-refractivity contribution in [2.45, 2.75) is 51.6 Å². The number of alkyl halides is 5. The minimum atomic E-state index is -4.70. The molecule has 1 saturated heterocycles. The molecule has 1 N–H and O–H groups in total. The highest BCUT2D eigenvalue weighted by atomic mass is 19.4. The number of fused-ring (bicyclic) bond motifs is 1. The van der Waals surface area contributed by atoms with Crippen LogP contribution in [0, 0.1) is 0 Å². The number of piperidine rings is 1. The standard InChI is InChI=1S/C22H24F5N5O/c1-13(2)31-9-3-5-15(12-31)28-21-30-29-19(17-6-4-10-32(17)21)16-8-7-14(22(25,26)27)11-18(16)33-20(23)24/h4,6-8,10-11,13,15,20H,3,5,9,12H2,1-2H3,(H,28,30)/t15-/m1/s1. The van der Waals surface area contributed by atoms with Crippen LogP contribution in [0.5, 0.6) is 5.75 Å². The first-order valence-corrected chi connectivity index (χ1v) is 10.6. The van der Waals surface area contributed by atoms with Crippen LogP contribution in [0.4, 0.5) is 27.9 Å². The molecule has 0 radical (unpaired) electrons. The zero-order valence-electron chi connectivity index (χ0n) is 18.1. The zero-order valence-corrected chi connectivity index (χ0v) is 18.1. The highest BCUT2D eigenvalue weighted by Gasteiger charge is 2.32. The summed E-state index contributed by atoms with van der Waals surface area (Å²) < 4.78 is 71.4. The molecule has 1 aromatic carbocycles. The van der Waals surface area contributed by atoms with E-state index in [1.54, 1.807) is 22.7 Å². The van der Waals surface area contributed by atoms with E-state index in [9.17, 15) is 22.0 Å². The monoisotopic (exact) mass is 469 g/mol. The second-order valence-electron chi connectivity index (χ2n) is 8.30. The molecule has 3 heterocycles. The number of rotatable bonds is 6. The van der Waals surface area contributed by atoms with Crippen molar-refractivity contribution in [3.63, 3.8) is 0 Å². The third-order valence-corrected chi connectivity index (χ3v) is 5.76. The molecule has 178 valence electrons. The molecule has 2 aromatic heterocycles. The fourth-order valence-electron chi connectivity index (χ4n) is 4.11. The van der Waals surface area contributed by atoms with Gasteiger partial charge < -0.3 is 10.1 Å². The predicted octanol–water partition coefficient (Wildman–Crippen LogP) is 5.30. The molecular weight excluding hydrogens is 445 g/mol. The summed E-state index contributed by atoms with van der Waals surface area (Å²) in [5.41, 5.74) is -0.452. The van der Waals surface area contributed by atoms with Crippen molar-refractivity contribution in [1.82, 2.24) is 19.5 Å². The van der Waals surface area contributed by atoms with E-state index in [1.807, 2.05) is 0 Å². The second kappa shape index (κ2) is 9.12. The van der Waals surface area contributed by atoms with E-state index >= 15 is 0 Å². The van der Waals surface area contributed by atoms with Crippen molar-refractivity contribution < 1.29 is 26.7 Å². The minimum absolute atomic E-state index is 0.00491. The molecule has 1 aliphatic heterocycles. The Morgan fingerprint density at radius 3 is 2.64 bits per heavy atom. The molecule has 0 aliphatic carbocycles.